The molecule has 0 bridgehead atoms. The number of likely N-dealkylation sites (tertiary alicyclic amines) is 1. The zero-order valence-electron chi connectivity index (χ0n) is 13.1. The van der Waals surface area contributed by atoms with Crippen molar-refractivity contribution in [2.75, 3.05) is 13.1 Å². The lowest BCUT2D eigenvalue weighted by molar-refractivity contribution is -0.134. The molecule has 0 radical (unpaired) electrons. The Hall–Kier alpha value is -1.61. The number of rotatable bonds is 6. The van der Waals surface area contributed by atoms with Crippen molar-refractivity contribution in [3.05, 3.63) is 48.6 Å². The molecular formula is C18H26N2O. The standard InChI is InChI=1S/C18H26N2O/c1-4-18(2,3)16(17(21)20-12-8-9-13-20)19-14-15-10-6-5-7-11-15/h4-7,10-11,16,19H,1,8-9,12-14H2,2-3H3/t16-/m0/s1. The molecule has 0 aliphatic carbocycles. The van der Waals surface area contributed by atoms with E-state index in [0.717, 1.165) is 25.9 Å². The van der Waals surface area contributed by atoms with Crippen LogP contribution in [0.1, 0.15) is 32.3 Å². The molecule has 3 heteroatoms. The van der Waals surface area contributed by atoms with E-state index in [-0.39, 0.29) is 17.4 Å². The molecule has 0 aromatic heterocycles. The van der Waals surface area contributed by atoms with Gasteiger partial charge in [-0.25, -0.2) is 0 Å². The lowest BCUT2D eigenvalue weighted by Gasteiger charge is -2.34. The first-order chi connectivity index (χ1) is 10.0. The SMILES string of the molecule is C=CC(C)(C)[C@@H](NCc1ccccc1)C(=O)N1CCCC1. The Kier molecular flexibility index (Phi) is 5.18. The summed E-state index contributed by atoms with van der Waals surface area (Å²) in [4.78, 5) is 14.8. The van der Waals surface area contributed by atoms with Crippen LogP contribution in [0.4, 0.5) is 0 Å². The fourth-order valence-corrected chi connectivity index (χ4v) is 2.72. The molecule has 1 atom stereocenters. The molecule has 1 amide bonds. The molecule has 1 fully saturated rings. The first-order valence-corrected chi connectivity index (χ1v) is 7.74. The normalized spacial score (nSPS) is 16.8. The molecule has 0 saturated carbocycles. The van der Waals surface area contributed by atoms with Crippen molar-refractivity contribution >= 4 is 5.91 Å². The zero-order chi connectivity index (χ0) is 15.3. The second kappa shape index (κ2) is 6.90. The topological polar surface area (TPSA) is 32.3 Å². The molecule has 21 heavy (non-hydrogen) atoms. The van der Waals surface area contributed by atoms with Crippen LogP contribution in [-0.2, 0) is 11.3 Å². The number of nitrogens with one attached hydrogen (secondary N) is 1. The van der Waals surface area contributed by atoms with Crippen LogP contribution in [-0.4, -0.2) is 29.9 Å². The molecule has 1 heterocycles. The first kappa shape index (κ1) is 15.8. The van der Waals surface area contributed by atoms with Gasteiger partial charge in [0.05, 0.1) is 6.04 Å². The number of carbonyl (C=O) groups is 1. The Morgan fingerprint density at radius 1 is 1.33 bits per heavy atom. The smallest absolute Gasteiger partial charge is 0.240 e. The highest BCUT2D eigenvalue weighted by molar-refractivity contribution is 5.83. The predicted octanol–water partition coefficient (Wildman–Crippen LogP) is 2.98. The van der Waals surface area contributed by atoms with E-state index in [4.69, 9.17) is 0 Å². The van der Waals surface area contributed by atoms with Gasteiger partial charge < -0.3 is 10.2 Å². The zero-order valence-corrected chi connectivity index (χ0v) is 13.1. The Labute approximate surface area is 128 Å². The van der Waals surface area contributed by atoms with Crippen LogP contribution in [0, 0.1) is 5.41 Å². The monoisotopic (exact) mass is 286 g/mol. The molecule has 1 saturated heterocycles. The van der Waals surface area contributed by atoms with E-state index >= 15 is 0 Å². The number of nitrogens with zero attached hydrogens (tertiary/aromatic N) is 1. The molecule has 114 valence electrons. The second-order valence-corrected chi connectivity index (χ2v) is 6.36. The predicted molar refractivity (Wildman–Crippen MR) is 86.9 cm³/mol. The summed E-state index contributed by atoms with van der Waals surface area (Å²) >= 11 is 0. The summed E-state index contributed by atoms with van der Waals surface area (Å²) in [7, 11) is 0. The van der Waals surface area contributed by atoms with Crippen LogP contribution in [0.15, 0.2) is 43.0 Å². The Bertz CT molecular complexity index is 475. The summed E-state index contributed by atoms with van der Waals surface area (Å²) in [6.07, 6.45) is 4.11. The average molecular weight is 286 g/mol. The van der Waals surface area contributed by atoms with Gasteiger partial charge in [0.1, 0.15) is 0 Å². The molecular weight excluding hydrogens is 260 g/mol. The second-order valence-electron chi connectivity index (χ2n) is 6.36. The fraction of sp³-hybridized carbons (Fsp3) is 0.500. The lowest BCUT2D eigenvalue weighted by Crippen LogP contribution is -2.52. The van der Waals surface area contributed by atoms with Gasteiger partial charge in [0, 0.05) is 25.0 Å². The molecule has 1 aromatic carbocycles. The van der Waals surface area contributed by atoms with Gasteiger partial charge in [0.25, 0.3) is 0 Å². The summed E-state index contributed by atoms with van der Waals surface area (Å²) in [6.45, 7) is 10.5. The van der Waals surface area contributed by atoms with Crippen LogP contribution in [0.5, 0.6) is 0 Å². The van der Waals surface area contributed by atoms with Gasteiger partial charge in [0.15, 0.2) is 0 Å². The molecule has 1 aliphatic rings. The van der Waals surface area contributed by atoms with Gasteiger partial charge in [-0.3, -0.25) is 4.79 Å². The van der Waals surface area contributed by atoms with Gasteiger partial charge in [-0.15, -0.1) is 6.58 Å². The molecule has 2 rings (SSSR count). The number of hydrogen-bond donors (Lipinski definition) is 1. The fourth-order valence-electron chi connectivity index (χ4n) is 2.72. The minimum atomic E-state index is -0.269. The van der Waals surface area contributed by atoms with E-state index in [2.05, 4.69) is 37.9 Å². The maximum absolute atomic E-state index is 12.8. The van der Waals surface area contributed by atoms with Crippen LogP contribution in [0.2, 0.25) is 0 Å². The maximum Gasteiger partial charge on any atom is 0.240 e. The number of carbonyl (C=O) groups excluding carboxylic acids is 1. The van der Waals surface area contributed by atoms with Crippen molar-refractivity contribution < 1.29 is 4.79 Å². The third-order valence-corrected chi connectivity index (χ3v) is 4.29. The molecule has 3 nitrogen and oxygen atoms in total. The Morgan fingerprint density at radius 3 is 2.52 bits per heavy atom. The maximum atomic E-state index is 12.8. The minimum absolute atomic E-state index is 0.202. The summed E-state index contributed by atoms with van der Waals surface area (Å²) < 4.78 is 0. The van der Waals surface area contributed by atoms with Gasteiger partial charge in [-0.2, -0.15) is 0 Å². The number of amides is 1. The van der Waals surface area contributed by atoms with Gasteiger partial charge in [-0.05, 0) is 18.4 Å². The Balaban J connectivity index is 2.08. The average Bonchev–Trinajstić information content (AvgIpc) is 3.02. The van der Waals surface area contributed by atoms with Crippen LogP contribution in [0.3, 0.4) is 0 Å². The summed E-state index contributed by atoms with van der Waals surface area (Å²) in [6, 6.07) is 9.97. The van der Waals surface area contributed by atoms with E-state index in [1.165, 1.54) is 5.56 Å². The minimum Gasteiger partial charge on any atom is -0.341 e. The molecule has 1 N–H and O–H groups in total. The van der Waals surface area contributed by atoms with Crippen LogP contribution < -0.4 is 5.32 Å². The molecule has 1 aromatic rings. The van der Waals surface area contributed by atoms with Gasteiger partial charge in [-0.1, -0.05) is 50.3 Å². The van der Waals surface area contributed by atoms with Crippen LogP contribution >= 0.6 is 0 Å². The number of benzene rings is 1. The van der Waals surface area contributed by atoms with Crippen molar-refractivity contribution in [1.82, 2.24) is 10.2 Å². The molecule has 1 aliphatic heterocycles. The molecule has 0 unspecified atom stereocenters. The highest BCUT2D eigenvalue weighted by atomic mass is 16.2. The largest absolute Gasteiger partial charge is 0.341 e. The summed E-state index contributed by atoms with van der Waals surface area (Å²) in [5, 5.41) is 3.44. The highest BCUT2D eigenvalue weighted by Gasteiger charge is 2.35. The van der Waals surface area contributed by atoms with Crippen molar-refractivity contribution in [3.63, 3.8) is 0 Å². The van der Waals surface area contributed by atoms with E-state index in [9.17, 15) is 4.79 Å². The summed E-state index contributed by atoms with van der Waals surface area (Å²) in [5.74, 6) is 0.202. The third kappa shape index (κ3) is 3.94. The van der Waals surface area contributed by atoms with Gasteiger partial charge >= 0.3 is 0 Å². The van der Waals surface area contributed by atoms with Crippen LogP contribution in [0.25, 0.3) is 0 Å². The van der Waals surface area contributed by atoms with Crippen molar-refractivity contribution in [1.29, 1.82) is 0 Å². The van der Waals surface area contributed by atoms with E-state index in [1.54, 1.807) is 0 Å². The van der Waals surface area contributed by atoms with E-state index < -0.39 is 0 Å². The third-order valence-electron chi connectivity index (χ3n) is 4.29. The Morgan fingerprint density at radius 2 is 1.95 bits per heavy atom. The van der Waals surface area contributed by atoms with Crippen molar-refractivity contribution in [3.8, 4) is 0 Å². The van der Waals surface area contributed by atoms with Crippen molar-refractivity contribution in [2.24, 2.45) is 5.41 Å². The van der Waals surface area contributed by atoms with Crippen molar-refractivity contribution in [2.45, 2.75) is 39.3 Å². The first-order valence-electron chi connectivity index (χ1n) is 7.74. The highest BCUT2D eigenvalue weighted by Crippen LogP contribution is 2.25. The van der Waals surface area contributed by atoms with Gasteiger partial charge in [0.2, 0.25) is 5.91 Å². The number of hydrogen-bond acceptors (Lipinski definition) is 2. The summed E-state index contributed by atoms with van der Waals surface area (Å²) in [5.41, 5.74) is 0.922. The van der Waals surface area contributed by atoms with E-state index in [0.29, 0.717) is 6.54 Å². The quantitative estimate of drug-likeness (QED) is 0.815. The molecule has 0 spiro atoms. The van der Waals surface area contributed by atoms with E-state index in [1.807, 2.05) is 29.2 Å². The lowest BCUT2D eigenvalue weighted by atomic mass is 9.83.